The molecule has 0 aromatic carbocycles. The molecule has 0 aromatic heterocycles. The average Bonchev–Trinajstić information content (AvgIpc) is 2.09. The van der Waals surface area contributed by atoms with Gasteiger partial charge in [0.05, 0.1) is 6.10 Å². The van der Waals surface area contributed by atoms with E-state index in [2.05, 4.69) is 39.8 Å². The molecule has 0 aliphatic heterocycles. The van der Waals surface area contributed by atoms with Crippen LogP contribution in [0.5, 0.6) is 0 Å². The monoisotopic (exact) mass is 196 g/mol. The molecule has 3 atom stereocenters. The van der Waals surface area contributed by atoms with Crippen LogP contribution in [0.4, 0.5) is 0 Å². The van der Waals surface area contributed by atoms with Crippen LogP contribution in [0.15, 0.2) is 12.2 Å². The molecule has 1 rings (SSSR count). The van der Waals surface area contributed by atoms with E-state index in [1.165, 1.54) is 0 Å². The fourth-order valence-corrected chi connectivity index (χ4v) is 2.31. The van der Waals surface area contributed by atoms with Crippen LogP contribution in [-0.2, 0) is 0 Å². The first-order valence-electron chi connectivity index (χ1n) is 5.80. The molecule has 1 N–H and O–H groups in total. The summed E-state index contributed by atoms with van der Waals surface area (Å²) >= 11 is 0. The second kappa shape index (κ2) is 4.48. The molecule has 0 bridgehead atoms. The lowest BCUT2D eigenvalue weighted by molar-refractivity contribution is 0.0403. The lowest BCUT2D eigenvalue weighted by Crippen LogP contribution is -2.32. The molecule has 0 amide bonds. The Morgan fingerprint density at radius 1 is 1.43 bits per heavy atom. The topological polar surface area (TPSA) is 20.2 Å². The van der Waals surface area contributed by atoms with E-state index in [1.807, 2.05) is 0 Å². The molecule has 0 saturated heterocycles. The van der Waals surface area contributed by atoms with Gasteiger partial charge in [-0.25, -0.2) is 0 Å². The first-order chi connectivity index (χ1) is 6.43. The number of rotatable bonds is 2. The first-order valence-corrected chi connectivity index (χ1v) is 5.80. The van der Waals surface area contributed by atoms with Gasteiger partial charge in [0.25, 0.3) is 0 Å². The van der Waals surface area contributed by atoms with E-state index in [9.17, 15) is 5.11 Å². The lowest BCUT2D eigenvalue weighted by Gasteiger charge is -2.37. The van der Waals surface area contributed by atoms with Crippen molar-refractivity contribution in [2.45, 2.75) is 53.1 Å². The van der Waals surface area contributed by atoms with Crippen LogP contribution in [0.25, 0.3) is 0 Å². The summed E-state index contributed by atoms with van der Waals surface area (Å²) < 4.78 is 0. The standard InChI is InChI=1S/C13H24O/c1-10(2)5-7-13(4)8-6-12(14)11(3)9-13/h5,7,10-12,14H,6,8-9H2,1-4H3/b7-5+/t11-,12+,13+/m0/s1. The highest BCUT2D eigenvalue weighted by Crippen LogP contribution is 2.40. The summed E-state index contributed by atoms with van der Waals surface area (Å²) in [6.07, 6.45) is 7.79. The maximum absolute atomic E-state index is 9.66. The van der Waals surface area contributed by atoms with E-state index in [-0.39, 0.29) is 6.10 Å². The Hall–Kier alpha value is -0.300. The summed E-state index contributed by atoms with van der Waals surface area (Å²) in [5, 5.41) is 9.66. The van der Waals surface area contributed by atoms with Crippen molar-refractivity contribution in [3.63, 3.8) is 0 Å². The Morgan fingerprint density at radius 3 is 2.57 bits per heavy atom. The number of allylic oxidation sites excluding steroid dienone is 2. The molecular formula is C13H24O. The predicted octanol–water partition coefficient (Wildman–Crippen LogP) is 3.39. The normalized spacial score (nSPS) is 39.6. The van der Waals surface area contributed by atoms with E-state index in [0.717, 1.165) is 19.3 Å². The predicted molar refractivity (Wildman–Crippen MR) is 61.1 cm³/mol. The molecular weight excluding hydrogens is 172 g/mol. The van der Waals surface area contributed by atoms with Gasteiger partial charge in [-0.15, -0.1) is 0 Å². The molecule has 1 aliphatic rings. The molecule has 0 radical (unpaired) electrons. The molecule has 0 aromatic rings. The zero-order chi connectivity index (χ0) is 10.8. The Labute approximate surface area is 88.2 Å². The van der Waals surface area contributed by atoms with E-state index in [1.54, 1.807) is 0 Å². The smallest absolute Gasteiger partial charge is 0.0566 e. The zero-order valence-corrected chi connectivity index (χ0v) is 9.96. The number of hydrogen-bond donors (Lipinski definition) is 1. The minimum atomic E-state index is -0.0736. The molecule has 1 heteroatoms. The highest BCUT2D eigenvalue weighted by atomic mass is 16.3. The molecule has 1 aliphatic carbocycles. The molecule has 0 unspecified atom stereocenters. The molecule has 1 nitrogen and oxygen atoms in total. The highest BCUT2D eigenvalue weighted by molar-refractivity contribution is 5.02. The molecule has 1 fully saturated rings. The van der Waals surface area contributed by atoms with Crippen LogP contribution in [-0.4, -0.2) is 11.2 Å². The van der Waals surface area contributed by atoms with E-state index < -0.39 is 0 Å². The van der Waals surface area contributed by atoms with Gasteiger partial charge in [-0.2, -0.15) is 0 Å². The summed E-state index contributed by atoms with van der Waals surface area (Å²) in [5.41, 5.74) is 0.322. The SMILES string of the molecule is CC(C)/C=C/[C@]1(C)CC[C@@H](O)[C@@H](C)C1. The van der Waals surface area contributed by atoms with Gasteiger partial charge in [0.1, 0.15) is 0 Å². The third-order valence-corrected chi connectivity index (χ3v) is 3.34. The Kier molecular flexibility index (Phi) is 3.77. The fraction of sp³-hybridized carbons (Fsp3) is 0.846. The number of aliphatic hydroxyl groups excluding tert-OH is 1. The Balaban J connectivity index is 2.58. The number of hydrogen-bond acceptors (Lipinski definition) is 1. The van der Waals surface area contributed by atoms with Crippen molar-refractivity contribution >= 4 is 0 Å². The summed E-state index contributed by atoms with van der Waals surface area (Å²) in [6.45, 7) is 8.89. The van der Waals surface area contributed by atoms with Crippen LogP contribution in [0.3, 0.4) is 0 Å². The minimum Gasteiger partial charge on any atom is -0.393 e. The van der Waals surface area contributed by atoms with Gasteiger partial charge in [0.2, 0.25) is 0 Å². The van der Waals surface area contributed by atoms with Crippen molar-refractivity contribution in [3.8, 4) is 0 Å². The lowest BCUT2D eigenvalue weighted by atomic mass is 9.70. The summed E-state index contributed by atoms with van der Waals surface area (Å²) in [4.78, 5) is 0. The van der Waals surface area contributed by atoms with Gasteiger partial charge >= 0.3 is 0 Å². The second-order valence-electron chi connectivity index (χ2n) is 5.54. The van der Waals surface area contributed by atoms with Crippen molar-refractivity contribution in [2.24, 2.45) is 17.3 Å². The van der Waals surface area contributed by atoms with Gasteiger partial charge in [0, 0.05) is 0 Å². The van der Waals surface area contributed by atoms with Crippen molar-refractivity contribution in [2.75, 3.05) is 0 Å². The third-order valence-electron chi connectivity index (χ3n) is 3.34. The van der Waals surface area contributed by atoms with Gasteiger partial charge in [-0.3, -0.25) is 0 Å². The van der Waals surface area contributed by atoms with Crippen molar-refractivity contribution in [3.05, 3.63) is 12.2 Å². The second-order valence-corrected chi connectivity index (χ2v) is 5.54. The quantitative estimate of drug-likeness (QED) is 0.671. The highest BCUT2D eigenvalue weighted by Gasteiger charge is 2.32. The molecule has 82 valence electrons. The Bertz CT molecular complexity index is 207. The summed E-state index contributed by atoms with van der Waals surface area (Å²) in [5.74, 6) is 1.08. The molecule has 0 spiro atoms. The van der Waals surface area contributed by atoms with Crippen LogP contribution >= 0.6 is 0 Å². The largest absolute Gasteiger partial charge is 0.393 e. The maximum Gasteiger partial charge on any atom is 0.0566 e. The van der Waals surface area contributed by atoms with Crippen LogP contribution in [0.1, 0.15) is 47.0 Å². The molecule has 14 heavy (non-hydrogen) atoms. The van der Waals surface area contributed by atoms with E-state index in [0.29, 0.717) is 17.3 Å². The fourth-order valence-electron chi connectivity index (χ4n) is 2.31. The van der Waals surface area contributed by atoms with Crippen molar-refractivity contribution in [1.82, 2.24) is 0 Å². The van der Waals surface area contributed by atoms with Crippen LogP contribution in [0.2, 0.25) is 0 Å². The van der Waals surface area contributed by atoms with Gasteiger partial charge < -0.3 is 5.11 Å². The summed E-state index contributed by atoms with van der Waals surface area (Å²) in [7, 11) is 0. The van der Waals surface area contributed by atoms with Crippen LogP contribution in [0, 0.1) is 17.3 Å². The minimum absolute atomic E-state index is 0.0736. The van der Waals surface area contributed by atoms with Crippen molar-refractivity contribution in [1.29, 1.82) is 0 Å². The average molecular weight is 196 g/mol. The van der Waals surface area contributed by atoms with E-state index in [4.69, 9.17) is 0 Å². The first kappa shape index (κ1) is 11.8. The molecule has 1 saturated carbocycles. The van der Waals surface area contributed by atoms with E-state index >= 15 is 0 Å². The van der Waals surface area contributed by atoms with Crippen LogP contribution < -0.4 is 0 Å². The molecule has 0 heterocycles. The van der Waals surface area contributed by atoms with Crippen molar-refractivity contribution < 1.29 is 5.11 Å². The van der Waals surface area contributed by atoms with Gasteiger partial charge in [0.15, 0.2) is 0 Å². The maximum atomic E-state index is 9.66. The van der Waals surface area contributed by atoms with Gasteiger partial charge in [-0.05, 0) is 36.5 Å². The number of aliphatic hydroxyl groups is 1. The Morgan fingerprint density at radius 2 is 2.07 bits per heavy atom. The zero-order valence-electron chi connectivity index (χ0n) is 9.96. The third kappa shape index (κ3) is 3.13. The summed E-state index contributed by atoms with van der Waals surface area (Å²) in [6, 6.07) is 0. The van der Waals surface area contributed by atoms with Gasteiger partial charge in [-0.1, -0.05) is 39.8 Å².